The molecule has 0 aromatic heterocycles. The van der Waals surface area contributed by atoms with Gasteiger partial charge in [0.25, 0.3) is 0 Å². The van der Waals surface area contributed by atoms with E-state index in [0.29, 0.717) is 18.3 Å². The van der Waals surface area contributed by atoms with Gasteiger partial charge in [-0.25, -0.2) is 4.39 Å². The van der Waals surface area contributed by atoms with Crippen molar-refractivity contribution in [3.05, 3.63) is 41.7 Å². The minimum Gasteiger partial charge on any atom is -0.485 e. The largest absolute Gasteiger partial charge is 0.485 e. The van der Waals surface area contributed by atoms with Gasteiger partial charge in [-0.05, 0) is 11.6 Å². The van der Waals surface area contributed by atoms with Gasteiger partial charge in [-0.15, -0.1) is 12.4 Å². The van der Waals surface area contributed by atoms with Crippen molar-refractivity contribution in [3.63, 3.8) is 0 Å². The summed E-state index contributed by atoms with van der Waals surface area (Å²) in [4.78, 5) is 0. The number of benzene rings is 1. The van der Waals surface area contributed by atoms with E-state index in [0.717, 1.165) is 11.3 Å². The van der Waals surface area contributed by atoms with Gasteiger partial charge in [0.2, 0.25) is 0 Å². The molecule has 0 saturated heterocycles. The molecule has 4 heteroatoms. The van der Waals surface area contributed by atoms with Crippen molar-refractivity contribution in [1.29, 1.82) is 0 Å². The van der Waals surface area contributed by atoms with Gasteiger partial charge in [-0.1, -0.05) is 18.2 Å². The Morgan fingerprint density at radius 1 is 1.53 bits per heavy atom. The van der Waals surface area contributed by atoms with Crippen LogP contribution in [0.25, 0.3) is 0 Å². The molecule has 15 heavy (non-hydrogen) atoms. The average Bonchev–Trinajstić information content (AvgIpc) is 2.63. The highest BCUT2D eigenvalue weighted by molar-refractivity contribution is 5.85. The van der Waals surface area contributed by atoms with Gasteiger partial charge in [0, 0.05) is 18.5 Å². The zero-order valence-electron chi connectivity index (χ0n) is 8.15. The summed E-state index contributed by atoms with van der Waals surface area (Å²) in [5.41, 5.74) is 7.04. The predicted octanol–water partition coefficient (Wildman–Crippen LogP) is 2.22. The standard InChI is InChI=1S/C11H12FNO.ClH/c12-6-9(7-13)11-5-8-3-1-2-4-10(8)14-11;/h1-4,6,11H,5,7,13H2;1H/b9-6+;/t11-;/m1./s1. The number of nitrogens with two attached hydrogens (primary N) is 1. The van der Waals surface area contributed by atoms with Gasteiger partial charge in [-0.2, -0.15) is 0 Å². The molecule has 2 nitrogen and oxygen atoms in total. The first-order chi connectivity index (χ1) is 6.85. The van der Waals surface area contributed by atoms with Crippen molar-refractivity contribution >= 4 is 12.4 Å². The molecule has 0 bridgehead atoms. The molecule has 1 atom stereocenters. The molecular formula is C11H13ClFNO. The van der Waals surface area contributed by atoms with E-state index in [9.17, 15) is 4.39 Å². The number of fused-ring (bicyclic) bond motifs is 1. The lowest BCUT2D eigenvalue weighted by molar-refractivity contribution is 0.266. The lowest BCUT2D eigenvalue weighted by Gasteiger charge is -2.11. The fourth-order valence-corrected chi connectivity index (χ4v) is 1.64. The van der Waals surface area contributed by atoms with E-state index in [2.05, 4.69) is 0 Å². The number of para-hydroxylation sites is 1. The summed E-state index contributed by atoms with van der Waals surface area (Å²) in [6.07, 6.45) is 1.04. The number of ether oxygens (including phenoxy) is 1. The Morgan fingerprint density at radius 3 is 2.87 bits per heavy atom. The smallest absolute Gasteiger partial charge is 0.128 e. The van der Waals surface area contributed by atoms with Crippen LogP contribution in [0.3, 0.4) is 0 Å². The van der Waals surface area contributed by atoms with Crippen molar-refractivity contribution in [2.45, 2.75) is 12.5 Å². The molecule has 1 aromatic carbocycles. The number of rotatable bonds is 2. The molecule has 1 heterocycles. The lowest BCUT2D eigenvalue weighted by Crippen LogP contribution is -2.21. The molecule has 0 amide bonds. The number of halogens is 2. The fourth-order valence-electron chi connectivity index (χ4n) is 1.64. The third kappa shape index (κ3) is 2.30. The number of hydrogen-bond acceptors (Lipinski definition) is 2. The summed E-state index contributed by atoms with van der Waals surface area (Å²) in [5.74, 6) is 0.838. The maximum absolute atomic E-state index is 12.4. The molecule has 0 aliphatic carbocycles. The van der Waals surface area contributed by atoms with Crippen LogP contribution < -0.4 is 10.5 Å². The Bertz CT molecular complexity index is 342. The zero-order chi connectivity index (χ0) is 9.97. The van der Waals surface area contributed by atoms with E-state index in [1.54, 1.807) is 0 Å². The summed E-state index contributed by atoms with van der Waals surface area (Å²) >= 11 is 0. The Morgan fingerprint density at radius 2 is 2.27 bits per heavy atom. The third-order valence-corrected chi connectivity index (χ3v) is 2.44. The summed E-state index contributed by atoms with van der Waals surface area (Å²) in [7, 11) is 0. The van der Waals surface area contributed by atoms with Crippen LogP contribution in [-0.2, 0) is 6.42 Å². The molecule has 2 N–H and O–H groups in total. The summed E-state index contributed by atoms with van der Waals surface area (Å²) in [6, 6.07) is 7.73. The van der Waals surface area contributed by atoms with E-state index < -0.39 is 0 Å². The first-order valence-electron chi connectivity index (χ1n) is 4.59. The fraction of sp³-hybridized carbons (Fsp3) is 0.273. The molecular weight excluding hydrogens is 217 g/mol. The monoisotopic (exact) mass is 229 g/mol. The molecule has 2 rings (SSSR count). The van der Waals surface area contributed by atoms with E-state index in [4.69, 9.17) is 10.5 Å². The Kier molecular flexibility index (Phi) is 4.12. The second-order valence-electron chi connectivity index (χ2n) is 3.31. The van der Waals surface area contributed by atoms with Crippen LogP contribution in [0.4, 0.5) is 4.39 Å². The molecule has 0 spiro atoms. The normalized spacial score (nSPS) is 19.1. The van der Waals surface area contributed by atoms with Crippen molar-refractivity contribution in [3.8, 4) is 5.75 Å². The van der Waals surface area contributed by atoms with Crippen molar-refractivity contribution in [2.24, 2.45) is 5.73 Å². The third-order valence-electron chi connectivity index (χ3n) is 2.44. The molecule has 0 unspecified atom stereocenters. The minimum absolute atomic E-state index is 0. The van der Waals surface area contributed by atoms with Crippen LogP contribution in [0, 0.1) is 0 Å². The van der Waals surface area contributed by atoms with Crippen LogP contribution in [-0.4, -0.2) is 12.6 Å². The molecule has 82 valence electrons. The van der Waals surface area contributed by atoms with E-state index in [1.165, 1.54) is 0 Å². The predicted molar refractivity (Wildman–Crippen MR) is 60.1 cm³/mol. The van der Waals surface area contributed by atoms with Crippen LogP contribution >= 0.6 is 12.4 Å². The average molecular weight is 230 g/mol. The van der Waals surface area contributed by atoms with Crippen molar-refractivity contribution < 1.29 is 9.13 Å². The van der Waals surface area contributed by atoms with Gasteiger partial charge in [0.05, 0.1) is 6.33 Å². The Balaban J connectivity index is 0.00000112. The summed E-state index contributed by atoms with van der Waals surface area (Å²) in [5, 5.41) is 0. The number of hydrogen-bond donors (Lipinski definition) is 1. The van der Waals surface area contributed by atoms with Crippen LogP contribution in [0.1, 0.15) is 5.56 Å². The summed E-state index contributed by atoms with van der Waals surface area (Å²) < 4.78 is 18.0. The molecule has 0 fully saturated rings. The summed E-state index contributed by atoms with van der Waals surface area (Å²) in [6.45, 7) is 0.204. The van der Waals surface area contributed by atoms with Crippen LogP contribution in [0.5, 0.6) is 5.75 Å². The topological polar surface area (TPSA) is 35.2 Å². The lowest BCUT2D eigenvalue weighted by atomic mass is 10.1. The quantitative estimate of drug-likeness (QED) is 0.844. The van der Waals surface area contributed by atoms with Gasteiger partial charge in [0.15, 0.2) is 0 Å². The SMILES string of the molecule is Cl.NC/C(=C\F)[C@H]1Cc2ccccc2O1. The second kappa shape index (κ2) is 5.14. The minimum atomic E-state index is -0.220. The Hall–Kier alpha value is -1.06. The first-order valence-corrected chi connectivity index (χ1v) is 4.59. The Labute approximate surface area is 94.3 Å². The maximum atomic E-state index is 12.4. The molecule has 1 aromatic rings. The maximum Gasteiger partial charge on any atom is 0.128 e. The highest BCUT2D eigenvalue weighted by atomic mass is 35.5. The van der Waals surface area contributed by atoms with E-state index in [-0.39, 0.29) is 25.1 Å². The van der Waals surface area contributed by atoms with Crippen LogP contribution in [0.15, 0.2) is 36.2 Å². The highest BCUT2D eigenvalue weighted by Crippen LogP contribution is 2.30. The highest BCUT2D eigenvalue weighted by Gasteiger charge is 2.24. The second-order valence-corrected chi connectivity index (χ2v) is 3.31. The zero-order valence-corrected chi connectivity index (χ0v) is 8.97. The van der Waals surface area contributed by atoms with Crippen molar-refractivity contribution in [1.82, 2.24) is 0 Å². The van der Waals surface area contributed by atoms with Crippen LogP contribution in [0.2, 0.25) is 0 Å². The van der Waals surface area contributed by atoms with Gasteiger partial charge in [-0.3, -0.25) is 0 Å². The first kappa shape index (κ1) is 12.0. The van der Waals surface area contributed by atoms with Gasteiger partial charge in [0.1, 0.15) is 11.9 Å². The molecule has 0 radical (unpaired) electrons. The van der Waals surface area contributed by atoms with Crippen molar-refractivity contribution in [2.75, 3.05) is 6.54 Å². The van der Waals surface area contributed by atoms with E-state index >= 15 is 0 Å². The van der Waals surface area contributed by atoms with Gasteiger partial charge < -0.3 is 10.5 Å². The van der Waals surface area contributed by atoms with E-state index in [1.807, 2.05) is 24.3 Å². The molecule has 0 saturated carbocycles. The van der Waals surface area contributed by atoms with Gasteiger partial charge >= 0.3 is 0 Å². The molecule has 1 aliphatic rings. The molecule has 1 aliphatic heterocycles.